The number of halogens is 1. The van der Waals surface area contributed by atoms with E-state index in [4.69, 9.17) is 19.3 Å². The van der Waals surface area contributed by atoms with Crippen LogP contribution in [0.25, 0.3) is 11.1 Å². The third kappa shape index (κ3) is 4.15. The van der Waals surface area contributed by atoms with Crippen LogP contribution in [0.4, 0.5) is 10.2 Å². The number of carboxylic acid groups (broad SMARTS) is 1. The number of rotatable bonds is 6. The zero-order valence-electron chi connectivity index (χ0n) is 19.8. The van der Waals surface area contributed by atoms with Gasteiger partial charge in [0.05, 0.1) is 26.2 Å². The number of carboxylic acids is 1. The van der Waals surface area contributed by atoms with Crippen molar-refractivity contribution in [3.05, 3.63) is 71.2 Å². The van der Waals surface area contributed by atoms with Gasteiger partial charge in [0.15, 0.2) is 0 Å². The Bertz CT molecular complexity index is 1310. The summed E-state index contributed by atoms with van der Waals surface area (Å²) in [5.74, 6) is 0.826. The summed E-state index contributed by atoms with van der Waals surface area (Å²) in [7, 11) is 0. The molecule has 7 nitrogen and oxygen atoms in total. The Morgan fingerprint density at radius 3 is 2.86 bits per heavy atom. The average Bonchev–Trinajstić information content (AvgIpc) is 3.49. The van der Waals surface area contributed by atoms with E-state index in [2.05, 4.69) is 9.88 Å². The third-order valence-corrected chi connectivity index (χ3v) is 7.23. The van der Waals surface area contributed by atoms with Gasteiger partial charge in [0.1, 0.15) is 29.2 Å². The van der Waals surface area contributed by atoms with Crippen molar-refractivity contribution in [1.82, 2.24) is 4.98 Å². The first kappa shape index (κ1) is 22.8. The molecule has 0 amide bonds. The van der Waals surface area contributed by atoms with Crippen LogP contribution in [0.15, 0.2) is 48.7 Å². The van der Waals surface area contributed by atoms with E-state index in [1.807, 2.05) is 30.3 Å². The van der Waals surface area contributed by atoms with Crippen LogP contribution < -0.4 is 14.4 Å². The molecule has 0 radical (unpaired) electrons. The molecule has 6 rings (SSSR count). The minimum atomic E-state index is -0.851. The van der Waals surface area contributed by atoms with Gasteiger partial charge in [-0.2, -0.15) is 0 Å². The molecule has 1 N–H and O–H groups in total. The van der Waals surface area contributed by atoms with Gasteiger partial charge < -0.3 is 24.2 Å². The van der Waals surface area contributed by atoms with Crippen LogP contribution in [0.1, 0.15) is 41.6 Å². The first-order chi connectivity index (χ1) is 17.6. The average molecular weight is 491 g/mol. The maximum atomic E-state index is 15.2. The van der Waals surface area contributed by atoms with Crippen LogP contribution in [-0.2, 0) is 16.0 Å². The fourth-order valence-electron chi connectivity index (χ4n) is 5.55. The van der Waals surface area contributed by atoms with Crippen molar-refractivity contribution in [3.63, 3.8) is 0 Å². The van der Waals surface area contributed by atoms with E-state index in [1.165, 1.54) is 6.07 Å². The monoisotopic (exact) mass is 490 g/mol. The van der Waals surface area contributed by atoms with E-state index in [0.717, 1.165) is 41.2 Å². The number of aliphatic carboxylic acids is 1. The summed E-state index contributed by atoms with van der Waals surface area (Å²) in [6.45, 7) is 3.20. The van der Waals surface area contributed by atoms with Crippen molar-refractivity contribution in [1.29, 1.82) is 0 Å². The van der Waals surface area contributed by atoms with Crippen LogP contribution in [0.2, 0.25) is 0 Å². The first-order valence-corrected chi connectivity index (χ1v) is 12.3. The molecular formula is C28H27FN2O5. The molecule has 1 saturated heterocycles. The standard InChI is InChI=1S/C28H27FN2O5/c29-23-7-5-20(22-2-1-9-30-28(22)31-10-12-34-13-11-31)21-6-8-24(27(21)23)36-18-3-4-19-17(14-26(32)33)16-35-25(19)15-18/h1-5,7,9,15,17,24H,6,8,10-14,16H2,(H,32,33)/t17?,24-/m1/s1. The molecule has 0 saturated carbocycles. The van der Waals surface area contributed by atoms with Crippen molar-refractivity contribution in [2.45, 2.75) is 31.3 Å². The van der Waals surface area contributed by atoms with Crippen LogP contribution in [0, 0.1) is 5.82 Å². The Morgan fingerprint density at radius 1 is 1.17 bits per heavy atom. The number of carbonyl (C=O) groups is 1. The number of hydrogen-bond donors (Lipinski definition) is 1. The summed E-state index contributed by atoms with van der Waals surface area (Å²) < 4.78 is 32.7. The van der Waals surface area contributed by atoms with Gasteiger partial charge in [-0.1, -0.05) is 12.1 Å². The number of anilines is 1. The highest BCUT2D eigenvalue weighted by Gasteiger charge is 2.32. The fraction of sp³-hybridized carbons (Fsp3) is 0.357. The predicted molar refractivity (Wildman–Crippen MR) is 131 cm³/mol. The number of hydrogen-bond acceptors (Lipinski definition) is 6. The molecule has 8 heteroatoms. The summed E-state index contributed by atoms with van der Waals surface area (Å²) in [6.07, 6.45) is 2.76. The number of pyridine rings is 1. The number of ether oxygens (including phenoxy) is 3. The minimum Gasteiger partial charge on any atom is -0.492 e. The first-order valence-electron chi connectivity index (χ1n) is 12.3. The molecule has 2 aliphatic heterocycles. The zero-order valence-corrected chi connectivity index (χ0v) is 19.8. The van der Waals surface area contributed by atoms with Crippen LogP contribution in [-0.4, -0.2) is 49.0 Å². The van der Waals surface area contributed by atoms with E-state index in [0.29, 0.717) is 49.7 Å². The van der Waals surface area contributed by atoms with Gasteiger partial charge in [-0.15, -0.1) is 0 Å². The Balaban J connectivity index is 1.29. The Labute approximate surface area is 208 Å². The summed E-state index contributed by atoms with van der Waals surface area (Å²) in [5.41, 5.74) is 4.40. The minimum absolute atomic E-state index is 0.0258. The topological polar surface area (TPSA) is 81.1 Å². The van der Waals surface area contributed by atoms with E-state index in [1.54, 1.807) is 12.3 Å². The number of fused-ring (bicyclic) bond motifs is 2. The lowest BCUT2D eigenvalue weighted by Gasteiger charge is -2.29. The van der Waals surface area contributed by atoms with Crippen molar-refractivity contribution in [2.24, 2.45) is 0 Å². The number of morpholine rings is 1. The van der Waals surface area contributed by atoms with Gasteiger partial charge in [-0.3, -0.25) is 4.79 Å². The molecule has 0 spiro atoms. The number of benzene rings is 2. The summed E-state index contributed by atoms with van der Waals surface area (Å²) in [4.78, 5) is 18.0. The van der Waals surface area contributed by atoms with Crippen LogP contribution in [0.3, 0.4) is 0 Å². The molecule has 1 unspecified atom stereocenters. The van der Waals surface area contributed by atoms with Gasteiger partial charge in [0.2, 0.25) is 0 Å². The van der Waals surface area contributed by atoms with E-state index in [9.17, 15) is 4.79 Å². The summed E-state index contributed by atoms with van der Waals surface area (Å²) >= 11 is 0. The molecule has 2 aromatic carbocycles. The predicted octanol–water partition coefficient (Wildman–Crippen LogP) is 4.74. The number of aromatic nitrogens is 1. The largest absolute Gasteiger partial charge is 0.492 e. The molecule has 1 fully saturated rings. The fourth-order valence-corrected chi connectivity index (χ4v) is 5.55. The lowest BCUT2D eigenvalue weighted by atomic mass is 9.96. The third-order valence-electron chi connectivity index (χ3n) is 7.23. The van der Waals surface area contributed by atoms with Crippen molar-refractivity contribution < 1.29 is 28.5 Å². The zero-order chi connectivity index (χ0) is 24.6. The van der Waals surface area contributed by atoms with E-state index in [-0.39, 0.29) is 18.2 Å². The van der Waals surface area contributed by atoms with Gasteiger partial charge in [0, 0.05) is 48.0 Å². The van der Waals surface area contributed by atoms with Crippen LogP contribution in [0.5, 0.6) is 11.5 Å². The van der Waals surface area contributed by atoms with Gasteiger partial charge >= 0.3 is 5.97 Å². The summed E-state index contributed by atoms with van der Waals surface area (Å²) in [5, 5.41) is 9.13. The highest BCUT2D eigenvalue weighted by molar-refractivity contribution is 5.79. The lowest BCUT2D eigenvalue weighted by molar-refractivity contribution is -0.137. The second-order valence-electron chi connectivity index (χ2n) is 9.41. The highest BCUT2D eigenvalue weighted by Crippen LogP contribution is 2.45. The Morgan fingerprint density at radius 2 is 2.03 bits per heavy atom. The number of nitrogens with zero attached hydrogens (tertiary/aromatic N) is 2. The Hall–Kier alpha value is -3.65. The molecule has 2 atom stereocenters. The molecule has 186 valence electrons. The maximum Gasteiger partial charge on any atom is 0.304 e. The lowest BCUT2D eigenvalue weighted by Crippen LogP contribution is -2.37. The molecule has 1 aromatic heterocycles. The molecule has 36 heavy (non-hydrogen) atoms. The highest BCUT2D eigenvalue weighted by atomic mass is 19.1. The molecule has 1 aliphatic carbocycles. The molecule has 3 aromatic rings. The molecule has 3 aliphatic rings. The molecule has 3 heterocycles. The van der Waals surface area contributed by atoms with E-state index < -0.39 is 12.1 Å². The van der Waals surface area contributed by atoms with Gasteiger partial charge in [-0.25, -0.2) is 9.37 Å². The molecule has 0 bridgehead atoms. The smallest absolute Gasteiger partial charge is 0.304 e. The summed E-state index contributed by atoms with van der Waals surface area (Å²) in [6, 6.07) is 12.8. The van der Waals surface area contributed by atoms with Crippen LogP contribution >= 0.6 is 0 Å². The normalized spacial score (nSPS) is 20.5. The second-order valence-corrected chi connectivity index (χ2v) is 9.41. The van der Waals surface area contributed by atoms with Gasteiger partial charge in [0.25, 0.3) is 0 Å². The maximum absolute atomic E-state index is 15.2. The van der Waals surface area contributed by atoms with Gasteiger partial charge in [-0.05, 0) is 48.2 Å². The van der Waals surface area contributed by atoms with E-state index >= 15 is 4.39 Å². The quantitative estimate of drug-likeness (QED) is 0.535. The second kappa shape index (κ2) is 9.43. The van der Waals surface area contributed by atoms with Crippen molar-refractivity contribution in [3.8, 4) is 22.6 Å². The Kier molecular flexibility index (Phi) is 5.97. The van der Waals surface area contributed by atoms with Crippen molar-refractivity contribution >= 4 is 11.8 Å². The van der Waals surface area contributed by atoms with Crippen molar-refractivity contribution in [2.75, 3.05) is 37.8 Å². The molecular weight excluding hydrogens is 463 g/mol. The SMILES string of the molecule is O=C(O)CC1COc2cc(O[C@@H]3CCc4c(-c5cccnc5N5CCOCC5)ccc(F)c43)ccc21.